The standard InChI is InChI=1S/C18H18ClNO6S/c1-25-17-9-4-3-8-15(17)16(21)12-26-18(22)11-20(27(2,23)24)14-7-5-6-13(19)10-14/h3-10H,11-12H2,1-2H3. The monoisotopic (exact) mass is 411 g/mol. The number of carbonyl (C=O) groups excluding carboxylic acids is 2. The third-order valence-electron chi connectivity index (χ3n) is 3.54. The Labute approximate surface area is 162 Å². The molecule has 0 atom stereocenters. The maximum Gasteiger partial charge on any atom is 0.327 e. The summed E-state index contributed by atoms with van der Waals surface area (Å²) in [5, 5.41) is 0.320. The van der Waals surface area contributed by atoms with Gasteiger partial charge in [-0.3, -0.25) is 13.9 Å². The lowest BCUT2D eigenvalue weighted by Crippen LogP contribution is -2.36. The average molecular weight is 412 g/mol. The summed E-state index contributed by atoms with van der Waals surface area (Å²) in [5.41, 5.74) is 0.487. The highest BCUT2D eigenvalue weighted by Gasteiger charge is 2.23. The van der Waals surface area contributed by atoms with Gasteiger partial charge >= 0.3 is 5.97 Å². The van der Waals surface area contributed by atoms with Gasteiger partial charge in [0.05, 0.1) is 24.6 Å². The predicted octanol–water partition coefficient (Wildman–Crippen LogP) is 2.54. The largest absolute Gasteiger partial charge is 0.496 e. The Kier molecular flexibility index (Phi) is 6.81. The number of nitrogens with zero attached hydrogens (tertiary/aromatic N) is 1. The van der Waals surface area contributed by atoms with Crippen molar-refractivity contribution in [1.29, 1.82) is 0 Å². The number of para-hydroxylation sites is 1. The number of methoxy groups -OCH3 is 1. The maximum atomic E-state index is 12.2. The Hall–Kier alpha value is -2.58. The summed E-state index contributed by atoms with van der Waals surface area (Å²) in [4.78, 5) is 24.3. The van der Waals surface area contributed by atoms with Crippen LogP contribution < -0.4 is 9.04 Å². The van der Waals surface area contributed by atoms with E-state index in [1.807, 2.05) is 0 Å². The molecule has 0 bridgehead atoms. The van der Waals surface area contributed by atoms with Gasteiger partial charge in [0, 0.05) is 5.02 Å². The van der Waals surface area contributed by atoms with Gasteiger partial charge in [-0.05, 0) is 30.3 Å². The molecule has 2 aromatic rings. The molecule has 0 aromatic heterocycles. The summed E-state index contributed by atoms with van der Waals surface area (Å²) >= 11 is 5.88. The van der Waals surface area contributed by atoms with Crippen LogP contribution in [0.4, 0.5) is 5.69 Å². The molecule has 0 N–H and O–H groups in total. The molecular weight excluding hydrogens is 394 g/mol. The van der Waals surface area contributed by atoms with Gasteiger partial charge in [0.25, 0.3) is 0 Å². The van der Waals surface area contributed by atoms with Crippen LogP contribution in [-0.4, -0.2) is 46.7 Å². The average Bonchev–Trinajstić information content (AvgIpc) is 2.63. The molecule has 0 amide bonds. The number of hydrogen-bond acceptors (Lipinski definition) is 6. The lowest BCUT2D eigenvalue weighted by molar-refractivity contribution is -0.140. The van der Waals surface area contributed by atoms with Crippen LogP contribution in [-0.2, 0) is 19.6 Å². The zero-order chi connectivity index (χ0) is 20.0. The van der Waals surface area contributed by atoms with E-state index in [1.54, 1.807) is 36.4 Å². The third kappa shape index (κ3) is 5.70. The van der Waals surface area contributed by atoms with Gasteiger partial charge < -0.3 is 9.47 Å². The Morgan fingerprint density at radius 1 is 1.11 bits per heavy atom. The Morgan fingerprint density at radius 2 is 1.81 bits per heavy atom. The highest BCUT2D eigenvalue weighted by molar-refractivity contribution is 7.92. The fourth-order valence-electron chi connectivity index (χ4n) is 2.29. The maximum absolute atomic E-state index is 12.2. The van der Waals surface area contributed by atoms with Crippen LogP contribution in [0.25, 0.3) is 0 Å². The van der Waals surface area contributed by atoms with Crippen molar-refractivity contribution in [1.82, 2.24) is 0 Å². The molecule has 7 nitrogen and oxygen atoms in total. The van der Waals surface area contributed by atoms with Gasteiger partial charge in [-0.15, -0.1) is 0 Å². The van der Waals surface area contributed by atoms with Gasteiger partial charge in [0.2, 0.25) is 15.8 Å². The minimum Gasteiger partial charge on any atom is -0.496 e. The Morgan fingerprint density at radius 3 is 2.44 bits per heavy atom. The Balaban J connectivity index is 2.07. The van der Waals surface area contributed by atoms with Gasteiger partial charge in [0.15, 0.2) is 6.61 Å². The number of ether oxygens (including phenoxy) is 2. The molecule has 0 unspecified atom stereocenters. The lowest BCUT2D eigenvalue weighted by Gasteiger charge is -2.21. The van der Waals surface area contributed by atoms with E-state index in [2.05, 4.69) is 0 Å². The normalized spacial score (nSPS) is 10.9. The van der Waals surface area contributed by atoms with E-state index in [0.29, 0.717) is 10.8 Å². The molecule has 2 rings (SSSR count). The second kappa shape index (κ2) is 8.88. The van der Waals surface area contributed by atoms with E-state index in [1.165, 1.54) is 19.2 Å². The number of esters is 1. The smallest absolute Gasteiger partial charge is 0.327 e. The molecule has 27 heavy (non-hydrogen) atoms. The van der Waals surface area contributed by atoms with Crippen molar-refractivity contribution in [3.63, 3.8) is 0 Å². The number of halogens is 1. The number of anilines is 1. The molecule has 0 spiro atoms. The van der Waals surface area contributed by atoms with E-state index in [0.717, 1.165) is 10.6 Å². The van der Waals surface area contributed by atoms with E-state index in [9.17, 15) is 18.0 Å². The van der Waals surface area contributed by atoms with Crippen molar-refractivity contribution < 1.29 is 27.5 Å². The van der Waals surface area contributed by atoms with Crippen molar-refractivity contribution in [2.45, 2.75) is 0 Å². The lowest BCUT2D eigenvalue weighted by atomic mass is 10.1. The molecule has 0 saturated heterocycles. The van der Waals surface area contributed by atoms with Gasteiger partial charge in [-0.25, -0.2) is 8.42 Å². The quantitative estimate of drug-likeness (QED) is 0.489. The second-order valence-electron chi connectivity index (χ2n) is 5.53. The van der Waals surface area contributed by atoms with Crippen molar-refractivity contribution in [2.75, 3.05) is 30.8 Å². The molecule has 0 saturated carbocycles. The van der Waals surface area contributed by atoms with Crippen molar-refractivity contribution in [2.24, 2.45) is 0 Å². The highest BCUT2D eigenvalue weighted by Crippen LogP contribution is 2.22. The predicted molar refractivity (Wildman–Crippen MR) is 102 cm³/mol. The first-order chi connectivity index (χ1) is 12.7. The molecule has 144 valence electrons. The molecule has 0 aliphatic rings. The van der Waals surface area contributed by atoms with E-state index in [-0.39, 0.29) is 11.3 Å². The summed E-state index contributed by atoms with van der Waals surface area (Å²) in [7, 11) is -2.34. The molecule has 9 heteroatoms. The van der Waals surface area contributed by atoms with Crippen molar-refractivity contribution >= 4 is 39.1 Å². The van der Waals surface area contributed by atoms with Crippen LogP contribution >= 0.6 is 11.6 Å². The number of benzene rings is 2. The summed E-state index contributed by atoms with van der Waals surface area (Å²) in [6.45, 7) is -1.12. The van der Waals surface area contributed by atoms with E-state index in [4.69, 9.17) is 21.1 Å². The molecule has 0 aliphatic heterocycles. The Bertz CT molecular complexity index is 944. The van der Waals surface area contributed by atoms with Gasteiger partial charge in [-0.1, -0.05) is 29.8 Å². The van der Waals surface area contributed by atoms with E-state index < -0.39 is 34.9 Å². The minimum absolute atomic E-state index is 0.220. The highest BCUT2D eigenvalue weighted by atomic mass is 35.5. The number of ketones is 1. The number of Topliss-reactive ketones (excluding diaryl/α,β-unsaturated/α-hetero) is 1. The first-order valence-electron chi connectivity index (χ1n) is 7.77. The fourth-order valence-corrected chi connectivity index (χ4v) is 3.31. The molecule has 0 aliphatic carbocycles. The molecule has 2 aromatic carbocycles. The zero-order valence-corrected chi connectivity index (χ0v) is 16.3. The number of carbonyl (C=O) groups is 2. The van der Waals surface area contributed by atoms with Crippen LogP contribution in [0.5, 0.6) is 5.75 Å². The molecule has 0 heterocycles. The molecule has 0 fully saturated rings. The van der Waals surface area contributed by atoms with Crippen molar-refractivity contribution in [3.8, 4) is 5.75 Å². The fraction of sp³-hybridized carbons (Fsp3) is 0.222. The summed E-state index contributed by atoms with van der Waals surface area (Å²) in [6, 6.07) is 12.6. The zero-order valence-electron chi connectivity index (χ0n) is 14.7. The third-order valence-corrected chi connectivity index (χ3v) is 4.92. The molecule has 0 radical (unpaired) electrons. The number of hydrogen-bond donors (Lipinski definition) is 0. The number of sulfonamides is 1. The van der Waals surface area contributed by atoms with Crippen LogP contribution in [0, 0.1) is 0 Å². The van der Waals surface area contributed by atoms with Crippen molar-refractivity contribution in [3.05, 3.63) is 59.1 Å². The summed E-state index contributed by atoms with van der Waals surface area (Å²) in [6.07, 6.45) is 0.959. The van der Waals surface area contributed by atoms with Crippen LogP contribution in [0.15, 0.2) is 48.5 Å². The van der Waals surface area contributed by atoms with Crippen LogP contribution in [0.3, 0.4) is 0 Å². The topological polar surface area (TPSA) is 90.0 Å². The number of rotatable bonds is 8. The van der Waals surface area contributed by atoms with Crippen LogP contribution in [0.2, 0.25) is 5.02 Å². The van der Waals surface area contributed by atoms with Crippen LogP contribution in [0.1, 0.15) is 10.4 Å². The minimum atomic E-state index is -3.76. The first kappa shape index (κ1) is 20.7. The van der Waals surface area contributed by atoms with E-state index >= 15 is 0 Å². The molecular formula is C18H18ClNO6S. The first-order valence-corrected chi connectivity index (χ1v) is 10.00. The summed E-state index contributed by atoms with van der Waals surface area (Å²) in [5.74, 6) is -0.978. The SMILES string of the molecule is COc1ccccc1C(=O)COC(=O)CN(c1cccc(Cl)c1)S(C)(=O)=O. The summed E-state index contributed by atoms with van der Waals surface area (Å²) < 4.78 is 34.9. The van der Waals surface area contributed by atoms with Gasteiger partial charge in [0.1, 0.15) is 12.3 Å². The van der Waals surface area contributed by atoms with Gasteiger partial charge in [-0.2, -0.15) is 0 Å². The second-order valence-corrected chi connectivity index (χ2v) is 7.88.